The first-order chi connectivity index (χ1) is 32.4. The number of nitrogens with zero attached hydrogens (tertiary/aromatic N) is 9. The summed E-state index contributed by atoms with van der Waals surface area (Å²) >= 11 is 0. The van der Waals surface area contributed by atoms with Gasteiger partial charge in [0, 0.05) is 80.6 Å². The second-order valence-electron chi connectivity index (χ2n) is 18.3. The quantitative estimate of drug-likeness (QED) is 0.120. The van der Waals surface area contributed by atoms with Crippen LogP contribution in [0.3, 0.4) is 0 Å². The van der Waals surface area contributed by atoms with Gasteiger partial charge in [-0.2, -0.15) is 9.97 Å². The summed E-state index contributed by atoms with van der Waals surface area (Å²) in [7, 11) is 4.25. The third-order valence-electron chi connectivity index (χ3n) is 13.4. The number of likely N-dealkylation sites (tertiary alicyclic amines) is 1. The van der Waals surface area contributed by atoms with Crippen molar-refractivity contribution in [3.05, 3.63) is 112 Å². The first kappa shape index (κ1) is 45.3. The summed E-state index contributed by atoms with van der Waals surface area (Å²) < 4.78 is 26.6. The SMILES string of the molecule is C#Cc1cccc2cccc(-c3ncc4c(N5CC=[N+]=CC5)nc(OC[C@@H]5CCCN5C)nc4c3F)c12.CC(C)c1cc(C(=O)N2Cc3ccc(CN4CCN(C)CC4)cc3C2)c(O)cc1O. The minimum absolute atomic E-state index is 0.0253. The van der Waals surface area contributed by atoms with Crippen LogP contribution in [-0.4, -0.2) is 136 Å². The fourth-order valence-corrected chi connectivity index (χ4v) is 9.50. The lowest BCUT2D eigenvalue weighted by Gasteiger charge is -2.32. The highest BCUT2D eigenvalue weighted by atomic mass is 19.1. The largest absolute Gasteiger partial charge is 0.508 e. The smallest absolute Gasteiger partial charge is 0.319 e. The number of rotatable bonds is 9. The maximum Gasteiger partial charge on any atom is 0.319 e. The van der Waals surface area contributed by atoms with E-state index in [1.54, 1.807) is 29.6 Å². The number of amides is 1. The fraction of sp³-hybridized carbons (Fsp3) is 0.358. The Morgan fingerprint density at radius 2 is 1.70 bits per heavy atom. The van der Waals surface area contributed by atoms with Crippen molar-refractivity contribution in [2.75, 3.05) is 71.4 Å². The van der Waals surface area contributed by atoms with Crippen LogP contribution in [0.5, 0.6) is 17.5 Å². The number of ether oxygens (including phenoxy) is 1. The molecule has 4 aliphatic rings. The number of carbonyl (C=O) groups is 1. The van der Waals surface area contributed by atoms with Gasteiger partial charge in [-0.15, -0.1) is 11.1 Å². The average Bonchev–Trinajstić information content (AvgIpc) is 3.96. The van der Waals surface area contributed by atoms with E-state index in [9.17, 15) is 15.0 Å². The maximum absolute atomic E-state index is 16.3. The van der Waals surface area contributed by atoms with E-state index < -0.39 is 5.82 Å². The Labute approximate surface area is 390 Å². The molecule has 1 atom stereocenters. The zero-order chi connectivity index (χ0) is 46.8. The molecule has 4 aromatic carbocycles. The first-order valence-electron chi connectivity index (χ1n) is 23.1. The molecule has 0 aliphatic carbocycles. The molecule has 10 rings (SSSR count). The number of pyridine rings is 1. The number of anilines is 1. The van der Waals surface area contributed by atoms with Crippen molar-refractivity contribution in [2.24, 2.45) is 0 Å². The summed E-state index contributed by atoms with van der Waals surface area (Å²) in [6.07, 6.45) is 13.2. The minimum Gasteiger partial charge on any atom is -0.508 e. The second-order valence-corrected chi connectivity index (χ2v) is 18.3. The van der Waals surface area contributed by atoms with Crippen LogP contribution in [0, 0.1) is 18.2 Å². The summed E-state index contributed by atoms with van der Waals surface area (Å²) in [5.41, 5.74) is 6.21. The van der Waals surface area contributed by atoms with E-state index in [1.807, 2.05) is 55.1 Å². The lowest BCUT2D eigenvalue weighted by atomic mass is 9.97. The average molecular weight is 903 g/mol. The number of aromatic hydroxyl groups is 2. The van der Waals surface area contributed by atoms with Gasteiger partial charge in [-0.25, -0.2) is 4.39 Å². The summed E-state index contributed by atoms with van der Waals surface area (Å²) in [5.74, 6) is 2.47. The highest BCUT2D eigenvalue weighted by Gasteiger charge is 2.29. The molecule has 14 heteroatoms. The van der Waals surface area contributed by atoms with Gasteiger partial charge in [0.1, 0.15) is 48.2 Å². The molecule has 13 nitrogen and oxygen atoms in total. The van der Waals surface area contributed by atoms with Crippen LogP contribution >= 0.6 is 0 Å². The molecule has 2 N–H and O–H groups in total. The van der Waals surface area contributed by atoms with Gasteiger partial charge in [-0.1, -0.05) is 68.3 Å². The third-order valence-corrected chi connectivity index (χ3v) is 13.4. The summed E-state index contributed by atoms with van der Waals surface area (Å²) in [4.78, 5) is 37.8. The summed E-state index contributed by atoms with van der Waals surface area (Å²) in [5, 5.41) is 22.6. The zero-order valence-corrected chi connectivity index (χ0v) is 38.6. The molecule has 0 spiro atoms. The third kappa shape index (κ3) is 9.55. The van der Waals surface area contributed by atoms with Gasteiger partial charge in [0.05, 0.1) is 10.9 Å². The van der Waals surface area contributed by atoms with E-state index in [4.69, 9.17) is 16.1 Å². The molecule has 6 heterocycles. The number of benzene rings is 4. The van der Waals surface area contributed by atoms with E-state index in [-0.39, 0.29) is 52.2 Å². The number of fused-ring (bicyclic) bond motifs is 3. The van der Waals surface area contributed by atoms with Gasteiger partial charge in [0.2, 0.25) is 0 Å². The molecular weight excluding hydrogens is 846 g/mol. The highest BCUT2D eigenvalue weighted by molar-refractivity contribution is 6.02. The number of carbonyl (C=O) groups excluding carboxylic acids is 1. The van der Waals surface area contributed by atoms with Crippen LogP contribution in [0.1, 0.15) is 70.8 Å². The van der Waals surface area contributed by atoms with E-state index >= 15 is 4.39 Å². The molecular formula is C53H57FN9O4+. The molecule has 0 radical (unpaired) electrons. The molecule has 6 aromatic rings. The topological polar surface area (TPSA) is 136 Å². The summed E-state index contributed by atoms with van der Waals surface area (Å²) in [6, 6.07) is 21.2. The molecule has 0 bridgehead atoms. The molecule has 0 saturated carbocycles. The highest BCUT2D eigenvalue weighted by Crippen LogP contribution is 2.37. The Hall–Kier alpha value is -6.88. The fourth-order valence-electron chi connectivity index (χ4n) is 9.50. The molecule has 2 fully saturated rings. The molecule has 4 aliphatic heterocycles. The van der Waals surface area contributed by atoms with Gasteiger partial charge in [0.15, 0.2) is 5.82 Å². The standard InChI is InChI=1S/C29H26FN6O.C24H31N3O3/c1-3-19-7-4-8-20-9-5-11-22(24(19)20)26-25(30)27-23(17-32-26)28(36-15-12-31-13-16-36)34-29(33-27)37-18-21-10-6-14-35(21)2;1-16(2)20-11-21(23(29)12-22(20)28)24(30)27-14-18-5-4-17(10-19(18)15-27)13-26-8-6-25(3)7-9-26/h1,4-5,7-9,11-13,17,21H,6,10,14-16,18H2,2H3;4-5,10-12,16,28-29H,6-9,13-15H2,1-3H3/q+1;/t21-;/m0./s1. The van der Waals surface area contributed by atoms with E-state index in [2.05, 4.69) is 67.6 Å². The van der Waals surface area contributed by atoms with Crippen molar-refractivity contribution in [1.29, 1.82) is 0 Å². The number of phenolic OH excluding ortho intramolecular Hbond substituents is 2. The van der Waals surface area contributed by atoms with Crippen molar-refractivity contribution < 1.29 is 24.1 Å². The van der Waals surface area contributed by atoms with Crippen LogP contribution in [0.15, 0.2) is 72.9 Å². The van der Waals surface area contributed by atoms with Crippen molar-refractivity contribution in [1.82, 2.24) is 39.2 Å². The van der Waals surface area contributed by atoms with Crippen molar-refractivity contribution in [3.63, 3.8) is 0 Å². The lowest BCUT2D eigenvalue weighted by Crippen LogP contribution is -2.43. The number of likely N-dealkylation sites (N-methyl/N-ethyl adjacent to an activating group) is 2. The van der Waals surface area contributed by atoms with Crippen molar-refractivity contribution in [2.45, 2.75) is 58.3 Å². The molecule has 2 aromatic heterocycles. The number of piperazine rings is 1. The maximum atomic E-state index is 16.3. The Bertz CT molecular complexity index is 2940. The summed E-state index contributed by atoms with van der Waals surface area (Å²) in [6.45, 7) is 12.9. The monoisotopic (exact) mass is 902 g/mol. The van der Waals surface area contributed by atoms with Crippen LogP contribution < -0.4 is 14.3 Å². The van der Waals surface area contributed by atoms with Crippen LogP contribution in [0.4, 0.5) is 10.2 Å². The number of hydrogen-bond acceptors (Lipinski definition) is 11. The Morgan fingerprint density at radius 3 is 2.43 bits per heavy atom. The van der Waals surface area contributed by atoms with E-state index in [0.29, 0.717) is 60.7 Å². The van der Waals surface area contributed by atoms with Gasteiger partial charge < -0.3 is 34.5 Å². The predicted octanol–water partition coefficient (Wildman–Crippen LogP) is 6.59. The minimum atomic E-state index is -0.530. The Morgan fingerprint density at radius 1 is 0.940 bits per heavy atom. The Balaban J connectivity index is 0.000000172. The zero-order valence-electron chi connectivity index (χ0n) is 38.6. The second kappa shape index (κ2) is 19.5. The molecule has 344 valence electrons. The molecule has 67 heavy (non-hydrogen) atoms. The molecule has 0 unspecified atom stereocenters. The Kier molecular flexibility index (Phi) is 13.2. The number of terminal acetylenes is 1. The van der Waals surface area contributed by atoms with Crippen molar-refractivity contribution >= 4 is 45.8 Å². The van der Waals surface area contributed by atoms with Gasteiger partial charge >= 0.3 is 6.01 Å². The normalized spacial score (nSPS) is 17.5. The van der Waals surface area contributed by atoms with Crippen LogP contribution in [0.25, 0.3) is 32.9 Å². The first-order valence-corrected chi connectivity index (χ1v) is 23.1. The van der Waals surface area contributed by atoms with Gasteiger partial charge in [-0.3, -0.25) is 14.7 Å². The number of hydrogen-bond donors (Lipinski definition) is 2. The number of halogens is 1. The van der Waals surface area contributed by atoms with Gasteiger partial charge in [-0.05, 0) is 79.2 Å². The molecule has 1 amide bonds. The lowest BCUT2D eigenvalue weighted by molar-refractivity contribution is 0.0748. The van der Waals surface area contributed by atoms with E-state index in [1.165, 1.54) is 17.2 Å². The van der Waals surface area contributed by atoms with Crippen molar-refractivity contribution in [3.8, 4) is 41.1 Å². The van der Waals surface area contributed by atoms with Gasteiger partial charge in [0.25, 0.3) is 18.3 Å². The molecule has 2 saturated heterocycles. The number of phenols is 2. The predicted molar refractivity (Wildman–Crippen MR) is 262 cm³/mol. The van der Waals surface area contributed by atoms with Crippen LogP contribution in [0.2, 0.25) is 0 Å². The van der Waals surface area contributed by atoms with Crippen LogP contribution in [-0.2, 0) is 19.6 Å². The van der Waals surface area contributed by atoms with E-state index in [0.717, 1.165) is 68.4 Å². The number of aromatic nitrogens is 3.